The Morgan fingerprint density at radius 2 is 2.18 bits per heavy atom. The molecule has 1 fully saturated rings. The number of carbonyl (C=O) groups is 1. The van der Waals surface area contributed by atoms with Gasteiger partial charge in [0.05, 0.1) is 23.5 Å². The average molecular weight is 234 g/mol. The molecule has 1 aromatic heterocycles. The average Bonchev–Trinajstić information content (AvgIpc) is 2.29. The van der Waals surface area contributed by atoms with Crippen molar-refractivity contribution in [1.29, 1.82) is 0 Å². The Kier molecular flexibility index (Phi) is 3.58. The van der Waals surface area contributed by atoms with Crippen LogP contribution in [0.4, 0.5) is 5.69 Å². The van der Waals surface area contributed by atoms with Crippen molar-refractivity contribution in [2.24, 2.45) is 5.73 Å². The molecule has 1 amide bonds. The lowest BCUT2D eigenvalue weighted by Crippen LogP contribution is -2.43. The zero-order valence-electron chi connectivity index (χ0n) is 10.1. The molecular formula is C12H18N4O. The first kappa shape index (κ1) is 11.9. The highest BCUT2D eigenvalue weighted by atomic mass is 16.1. The highest BCUT2D eigenvalue weighted by Crippen LogP contribution is 2.19. The minimum Gasteiger partial charge on any atom is -0.369 e. The van der Waals surface area contributed by atoms with E-state index >= 15 is 0 Å². The van der Waals surface area contributed by atoms with Crippen LogP contribution in [-0.2, 0) is 11.2 Å². The number of piperazine rings is 1. The minimum atomic E-state index is -0.341. The van der Waals surface area contributed by atoms with Crippen LogP contribution < -0.4 is 16.0 Å². The van der Waals surface area contributed by atoms with Gasteiger partial charge in [-0.15, -0.1) is 0 Å². The Balaban J connectivity index is 2.15. The van der Waals surface area contributed by atoms with Gasteiger partial charge in [-0.1, -0.05) is 0 Å². The van der Waals surface area contributed by atoms with E-state index in [4.69, 9.17) is 5.73 Å². The number of aryl methyl sites for hydroxylation is 1. The standard InChI is InChI=1S/C12H18N4O/c1-9-11(16-6-4-14-5-7-16)3-2-10(15-9)8-12(13)17/h2-3,14H,4-8H2,1H3,(H2,13,17). The molecular weight excluding hydrogens is 216 g/mol. The van der Waals surface area contributed by atoms with E-state index in [2.05, 4.69) is 15.2 Å². The summed E-state index contributed by atoms with van der Waals surface area (Å²) in [5, 5.41) is 3.32. The molecule has 1 aliphatic rings. The zero-order chi connectivity index (χ0) is 12.3. The number of nitrogens with one attached hydrogen (secondary N) is 1. The van der Waals surface area contributed by atoms with E-state index in [9.17, 15) is 4.79 Å². The monoisotopic (exact) mass is 234 g/mol. The summed E-state index contributed by atoms with van der Waals surface area (Å²) in [6.45, 7) is 5.97. The van der Waals surface area contributed by atoms with Crippen molar-refractivity contribution in [1.82, 2.24) is 10.3 Å². The molecule has 17 heavy (non-hydrogen) atoms. The summed E-state index contributed by atoms with van der Waals surface area (Å²) in [7, 11) is 0. The van der Waals surface area contributed by atoms with Crippen molar-refractivity contribution < 1.29 is 4.79 Å². The third-order valence-electron chi connectivity index (χ3n) is 2.93. The molecule has 5 heteroatoms. The van der Waals surface area contributed by atoms with Crippen LogP contribution in [0.3, 0.4) is 0 Å². The Morgan fingerprint density at radius 1 is 1.47 bits per heavy atom. The van der Waals surface area contributed by atoms with Gasteiger partial charge in [0.1, 0.15) is 0 Å². The van der Waals surface area contributed by atoms with E-state index in [1.165, 1.54) is 0 Å². The lowest BCUT2D eigenvalue weighted by Gasteiger charge is -2.30. The van der Waals surface area contributed by atoms with Crippen molar-refractivity contribution in [2.45, 2.75) is 13.3 Å². The molecule has 2 rings (SSSR count). The van der Waals surface area contributed by atoms with Gasteiger partial charge in [0.2, 0.25) is 5.91 Å². The molecule has 0 spiro atoms. The van der Waals surface area contributed by atoms with Gasteiger partial charge in [0.25, 0.3) is 0 Å². The first-order chi connectivity index (χ1) is 8.16. The summed E-state index contributed by atoms with van der Waals surface area (Å²) in [6, 6.07) is 3.92. The number of nitrogens with two attached hydrogens (primary N) is 1. The van der Waals surface area contributed by atoms with Gasteiger partial charge in [0, 0.05) is 26.2 Å². The lowest BCUT2D eigenvalue weighted by molar-refractivity contribution is -0.117. The van der Waals surface area contributed by atoms with E-state index < -0.39 is 0 Å². The van der Waals surface area contributed by atoms with Gasteiger partial charge >= 0.3 is 0 Å². The number of rotatable bonds is 3. The molecule has 0 unspecified atom stereocenters. The Bertz CT molecular complexity index is 413. The maximum atomic E-state index is 10.8. The second kappa shape index (κ2) is 5.14. The van der Waals surface area contributed by atoms with E-state index in [0.717, 1.165) is 43.3 Å². The predicted molar refractivity (Wildman–Crippen MR) is 67.0 cm³/mol. The van der Waals surface area contributed by atoms with Crippen LogP contribution in [0.2, 0.25) is 0 Å². The fraction of sp³-hybridized carbons (Fsp3) is 0.500. The molecule has 0 aliphatic carbocycles. The zero-order valence-corrected chi connectivity index (χ0v) is 10.1. The normalized spacial score (nSPS) is 15.9. The lowest BCUT2D eigenvalue weighted by atomic mass is 10.2. The number of amides is 1. The maximum Gasteiger partial charge on any atom is 0.223 e. The molecule has 0 atom stereocenters. The SMILES string of the molecule is Cc1nc(CC(N)=O)ccc1N1CCNCC1. The summed E-state index contributed by atoms with van der Waals surface area (Å²) in [6.07, 6.45) is 0.211. The van der Waals surface area contributed by atoms with E-state index in [-0.39, 0.29) is 12.3 Å². The molecule has 0 saturated carbocycles. The van der Waals surface area contributed by atoms with Crippen molar-refractivity contribution in [3.63, 3.8) is 0 Å². The molecule has 1 aromatic rings. The number of aromatic nitrogens is 1. The number of anilines is 1. The van der Waals surface area contributed by atoms with Crippen LogP contribution in [0.25, 0.3) is 0 Å². The first-order valence-corrected chi connectivity index (χ1v) is 5.87. The summed E-state index contributed by atoms with van der Waals surface area (Å²) in [4.78, 5) is 17.6. The number of nitrogens with zero attached hydrogens (tertiary/aromatic N) is 2. The molecule has 1 saturated heterocycles. The highest BCUT2D eigenvalue weighted by molar-refractivity contribution is 5.76. The van der Waals surface area contributed by atoms with Crippen molar-refractivity contribution in [2.75, 3.05) is 31.1 Å². The minimum absolute atomic E-state index is 0.211. The van der Waals surface area contributed by atoms with Crippen LogP contribution in [-0.4, -0.2) is 37.1 Å². The fourth-order valence-corrected chi connectivity index (χ4v) is 2.12. The van der Waals surface area contributed by atoms with Gasteiger partial charge in [0.15, 0.2) is 0 Å². The molecule has 0 aromatic carbocycles. The molecule has 1 aliphatic heterocycles. The number of hydrogen-bond donors (Lipinski definition) is 2. The second-order valence-electron chi connectivity index (χ2n) is 4.29. The van der Waals surface area contributed by atoms with Crippen molar-refractivity contribution >= 4 is 11.6 Å². The molecule has 0 bridgehead atoms. The maximum absolute atomic E-state index is 10.8. The van der Waals surface area contributed by atoms with E-state index in [1.54, 1.807) is 0 Å². The van der Waals surface area contributed by atoms with Gasteiger partial charge < -0.3 is 16.0 Å². The summed E-state index contributed by atoms with van der Waals surface area (Å²) < 4.78 is 0. The van der Waals surface area contributed by atoms with Crippen LogP contribution >= 0.6 is 0 Å². The number of pyridine rings is 1. The smallest absolute Gasteiger partial charge is 0.223 e. The van der Waals surface area contributed by atoms with Gasteiger partial charge in [-0.25, -0.2) is 0 Å². The van der Waals surface area contributed by atoms with Crippen LogP contribution in [0, 0.1) is 6.92 Å². The summed E-state index contributed by atoms with van der Waals surface area (Å²) in [5.41, 5.74) is 8.02. The Morgan fingerprint density at radius 3 is 2.76 bits per heavy atom. The number of primary amides is 1. The van der Waals surface area contributed by atoms with Crippen molar-refractivity contribution in [3.8, 4) is 0 Å². The molecule has 2 heterocycles. The van der Waals surface area contributed by atoms with Crippen LogP contribution in [0.15, 0.2) is 12.1 Å². The Hall–Kier alpha value is -1.62. The van der Waals surface area contributed by atoms with E-state index in [1.807, 2.05) is 19.1 Å². The molecule has 92 valence electrons. The highest BCUT2D eigenvalue weighted by Gasteiger charge is 2.13. The summed E-state index contributed by atoms with van der Waals surface area (Å²) >= 11 is 0. The number of hydrogen-bond acceptors (Lipinski definition) is 4. The largest absolute Gasteiger partial charge is 0.369 e. The first-order valence-electron chi connectivity index (χ1n) is 5.87. The second-order valence-corrected chi connectivity index (χ2v) is 4.29. The van der Waals surface area contributed by atoms with Gasteiger partial charge in [-0.3, -0.25) is 9.78 Å². The molecule has 5 nitrogen and oxygen atoms in total. The fourth-order valence-electron chi connectivity index (χ4n) is 2.12. The van der Waals surface area contributed by atoms with E-state index in [0.29, 0.717) is 0 Å². The Labute approximate surface area is 101 Å². The topological polar surface area (TPSA) is 71.2 Å². The molecule has 3 N–H and O–H groups in total. The predicted octanol–water partition coefficient (Wildman–Crippen LogP) is -0.173. The third-order valence-corrected chi connectivity index (χ3v) is 2.93. The van der Waals surface area contributed by atoms with Crippen molar-refractivity contribution in [3.05, 3.63) is 23.5 Å². The summed E-state index contributed by atoms with van der Waals surface area (Å²) in [5.74, 6) is -0.341. The number of carbonyl (C=O) groups excluding carboxylic acids is 1. The van der Waals surface area contributed by atoms with Gasteiger partial charge in [-0.05, 0) is 19.1 Å². The quantitative estimate of drug-likeness (QED) is 0.761. The van der Waals surface area contributed by atoms with Crippen LogP contribution in [0.5, 0.6) is 0 Å². The third kappa shape index (κ3) is 2.94. The van der Waals surface area contributed by atoms with Crippen LogP contribution in [0.1, 0.15) is 11.4 Å². The van der Waals surface area contributed by atoms with Gasteiger partial charge in [-0.2, -0.15) is 0 Å². The molecule has 0 radical (unpaired) electrons.